The number of benzene rings is 1. The van der Waals surface area contributed by atoms with Crippen LogP contribution in [0.15, 0.2) is 29.6 Å². The number of hydrogen-bond donors (Lipinski definition) is 1. The van der Waals surface area contributed by atoms with Gasteiger partial charge in [-0.2, -0.15) is 0 Å². The number of nitrogens with zero attached hydrogens (tertiary/aromatic N) is 1. The second kappa shape index (κ2) is 6.71. The first-order chi connectivity index (χ1) is 9.86. The SMILES string of the molecule is CC(C)NCc1ccccc1Cc1nc(C(C)(C)C)cs1. The molecule has 0 radical (unpaired) electrons. The Hall–Kier alpha value is -1.19. The number of nitrogens with one attached hydrogen (secondary N) is 1. The van der Waals surface area contributed by atoms with Crippen molar-refractivity contribution in [2.24, 2.45) is 0 Å². The van der Waals surface area contributed by atoms with Gasteiger partial charge < -0.3 is 5.32 Å². The zero-order valence-corrected chi connectivity index (χ0v) is 14.6. The largest absolute Gasteiger partial charge is 0.310 e. The first-order valence-corrected chi connectivity index (χ1v) is 8.49. The van der Waals surface area contributed by atoms with Gasteiger partial charge in [0.1, 0.15) is 0 Å². The third kappa shape index (κ3) is 4.65. The Balaban J connectivity index is 2.14. The Morgan fingerprint density at radius 1 is 1.14 bits per heavy atom. The van der Waals surface area contributed by atoms with E-state index >= 15 is 0 Å². The van der Waals surface area contributed by atoms with E-state index in [1.807, 2.05) is 0 Å². The van der Waals surface area contributed by atoms with Crippen molar-refractivity contribution in [2.75, 3.05) is 0 Å². The Bertz CT molecular complexity index is 579. The minimum absolute atomic E-state index is 0.132. The minimum Gasteiger partial charge on any atom is -0.310 e. The van der Waals surface area contributed by atoms with Crippen LogP contribution in [0.1, 0.15) is 56.4 Å². The molecule has 0 fully saturated rings. The van der Waals surface area contributed by atoms with E-state index in [4.69, 9.17) is 4.98 Å². The molecule has 0 aliphatic heterocycles. The van der Waals surface area contributed by atoms with Gasteiger partial charge in [0.25, 0.3) is 0 Å². The van der Waals surface area contributed by atoms with Crippen LogP contribution in [-0.2, 0) is 18.4 Å². The van der Waals surface area contributed by atoms with Crippen LogP contribution in [0.3, 0.4) is 0 Å². The normalized spacial score (nSPS) is 12.1. The lowest BCUT2D eigenvalue weighted by Crippen LogP contribution is -2.22. The Morgan fingerprint density at radius 2 is 1.81 bits per heavy atom. The molecule has 2 aromatic rings. The Labute approximate surface area is 132 Å². The molecule has 2 nitrogen and oxygen atoms in total. The number of thiazole rings is 1. The van der Waals surface area contributed by atoms with Gasteiger partial charge in [-0.3, -0.25) is 0 Å². The highest BCUT2D eigenvalue weighted by atomic mass is 32.1. The molecule has 0 amide bonds. The van der Waals surface area contributed by atoms with Gasteiger partial charge in [-0.1, -0.05) is 58.9 Å². The number of hydrogen-bond acceptors (Lipinski definition) is 3. The maximum absolute atomic E-state index is 4.81. The lowest BCUT2D eigenvalue weighted by Gasteiger charge is -2.14. The zero-order valence-electron chi connectivity index (χ0n) is 13.7. The molecule has 0 saturated heterocycles. The summed E-state index contributed by atoms with van der Waals surface area (Å²) in [5.74, 6) is 0. The molecular formula is C18H26N2S. The van der Waals surface area contributed by atoms with Crippen molar-refractivity contribution in [3.8, 4) is 0 Å². The predicted octanol–water partition coefficient (Wildman–Crippen LogP) is 4.53. The third-order valence-electron chi connectivity index (χ3n) is 3.48. The van der Waals surface area contributed by atoms with E-state index in [1.54, 1.807) is 11.3 Å². The van der Waals surface area contributed by atoms with E-state index in [-0.39, 0.29) is 5.41 Å². The molecule has 1 aromatic carbocycles. The van der Waals surface area contributed by atoms with Crippen molar-refractivity contribution < 1.29 is 0 Å². The highest BCUT2D eigenvalue weighted by molar-refractivity contribution is 7.09. The summed E-state index contributed by atoms with van der Waals surface area (Å²) in [7, 11) is 0. The van der Waals surface area contributed by atoms with Crippen LogP contribution in [0.25, 0.3) is 0 Å². The second-order valence-electron chi connectivity index (χ2n) is 6.86. The van der Waals surface area contributed by atoms with Crippen LogP contribution in [0.2, 0.25) is 0 Å². The lowest BCUT2D eigenvalue weighted by molar-refractivity contribution is 0.571. The molecule has 0 aliphatic carbocycles. The fourth-order valence-corrected chi connectivity index (χ4v) is 3.16. The van der Waals surface area contributed by atoms with E-state index in [1.165, 1.54) is 21.8 Å². The number of rotatable bonds is 5. The molecule has 1 N–H and O–H groups in total. The Kier molecular flexibility index (Phi) is 5.17. The summed E-state index contributed by atoms with van der Waals surface area (Å²) in [4.78, 5) is 4.81. The van der Waals surface area contributed by atoms with Crippen LogP contribution < -0.4 is 5.32 Å². The summed E-state index contributed by atoms with van der Waals surface area (Å²) < 4.78 is 0. The van der Waals surface area contributed by atoms with Gasteiger partial charge in [-0.15, -0.1) is 11.3 Å². The predicted molar refractivity (Wildman–Crippen MR) is 92.0 cm³/mol. The smallest absolute Gasteiger partial charge is 0.0972 e. The van der Waals surface area contributed by atoms with Crippen LogP contribution in [0.4, 0.5) is 0 Å². The highest BCUT2D eigenvalue weighted by Gasteiger charge is 2.17. The number of aromatic nitrogens is 1. The van der Waals surface area contributed by atoms with Gasteiger partial charge in [0, 0.05) is 29.8 Å². The summed E-state index contributed by atoms with van der Waals surface area (Å²) in [5.41, 5.74) is 4.08. The first-order valence-electron chi connectivity index (χ1n) is 7.61. The third-order valence-corrected chi connectivity index (χ3v) is 4.33. The quantitative estimate of drug-likeness (QED) is 0.877. The fraction of sp³-hybridized carbons (Fsp3) is 0.500. The summed E-state index contributed by atoms with van der Waals surface area (Å²) in [6, 6.07) is 9.17. The Morgan fingerprint density at radius 3 is 2.38 bits per heavy atom. The van der Waals surface area contributed by atoms with E-state index in [0.717, 1.165) is 13.0 Å². The molecule has 1 heterocycles. The van der Waals surface area contributed by atoms with Gasteiger partial charge in [-0.25, -0.2) is 4.98 Å². The van der Waals surface area contributed by atoms with Crippen LogP contribution in [0, 0.1) is 0 Å². The molecule has 0 bridgehead atoms. The van der Waals surface area contributed by atoms with E-state index in [0.29, 0.717) is 6.04 Å². The molecule has 0 spiro atoms. The maximum atomic E-state index is 4.81. The summed E-state index contributed by atoms with van der Waals surface area (Å²) in [6.07, 6.45) is 0.927. The van der Waals surface area contributed by atoms with Gasteiger partial charge in [0.15, 0.2) is 0 Å². The van der Waals surface area contributed by atoms with Crippen molar-refractivity contribution >= 4 is 11.3 Å². The van der Waals surface area contributed by atoms with E-state index < -0.39 is 0 Å². The van der Waals surface area contributed by atoms with Gasteiger partial charge in [-0.05, 0) is 11.1 Å². The highest BCUT2D eigenvalue weighted by Crippen LogP contribution is 2.25. The van der Waals surface area contributed by atoms with E-state index in [9.17, 15) is 0 Å². The molecule has 3 heteroatoms. The molecule has 0 unspecified atom stereocenters. The van der Waals surface area contributed by atoms with Crippen LogP contribution in [0.5, 0.6) is 0 Å². The topological polar surface area (TPSA) is 24.9 Å². The standard InChI is InChI=1S/C18H26N2S/c1-13(2)19-11-15-9-7-6-8-14(15)10-17-20-16(12-21-17)18(3,4)5/h6-9,12-13,19H,10-11H2,1-5H3. The van der Waals surface area contributed by atoms with Crippen LogP contribution in [-0.4, -0.2) is 11.0 Å². The molecule has 0 saturated carbocycles. The van der Waals surface area contributed by atoms with Gasteiger partial charge in [0.05, 0.1) is 10.7 Å². The van der Waals surface area contributed by atoms with Crippen molar-refractivity contribution in [1.29, 1.82) is 0 Å². The van der Waals surface area contributed by atoms with Crippen molar-refractivity contribution in [1.82, 2.24) is 10.3 Å². The van der Waals surface area contributed by atoms with Crippen LogP contribution >= 0.6 is 11.3 Å². The lowest BCUT2D eigenvalue weighted by atomic mass is 9.93. The fourth-order valence-electron chi connectivity index (χ4n) is 2.12. The molecular weight excluding hydrogens is 276 g/mol. The molecule has 114 valence electrons. The second-order valence-corrected chi connectivity index (χ2v) is 7.80. The molecule has 0 aliphatic rings. The van der Waals surface area contributed by atoms with E-state index in [2.05, 4.69) is 69.6 Å². The average molecular weight is 302 g/mol. The average Bonchev–Trinajstić information content (AvgIpc) is 2.86. The molecule has 0 atom stereocenters. The molecule has 2 rings (SSSR count). The summed E-state index contributed by atoms with van der Waals surface area (Å²) in [6.45, 7) is 11.9. The first kappa shape index (κ1) is 16.2. The van der Waals surface area contributed by atoms with Crippen molar-refractivity contribution in [3.63, 3.8) is 0 Å². The zero-order chi connectivity index (χ0) is 15.5. The monoisotopic (exact) mass is 302 g/mol. The molecule has 1 aromatic heterocycles. The molecule has 21 heavy (non-hydrogen) atoms. The van der Waals surface area contributed by atoms with Crippen molar-refractivity contribution in [3.05, 3.63) is 51.5 Å². The summed E-state index contributed by atoms with van der Waals surface area (Å²) >= 11 is 1.77. The van der Waals surface area contributed by atoms with Gasteiger partial charge in [0.2, 0.25) is 0 Å². The van der Waals surface area contributed by atoms with Crippen molar-refractivity contribution in [2.45, 2.75) is 59.0 Å². The minimum atomic E-state index is 0.132. The van der Waals surface area contributed by atoms with Gasteiger partial charge >= 0.3 is 0 Å². The summed E-state index contributed by atoms with van der Waals surface area (Å²) in [5, 5.41) is 6.90. The maximum Gasteiger partial charge on any atom is 0.0972 e.